The molecule has 6 nitrogen and oxygen atoms in total. The van der Waals surface area contributed by atoms with Gasteiger partial charge in [0.1, 0.15) is 5.82 Å². The molecule has 0 bridgehead atoms. The highest BCUT2D eigenvalue weighted by Gasteiger charge is 2.36. The molecular weight excluding hydrogens is 292 g/mol. The largest absolute Gasteiger partial charge is 0.358 e. The molecule has 0 aromatic carbocycles. The smallest absolute Gasteiger partial charge is 0.255 e. The molecule has 2 amide bonds. The van der Waals surface area contributed by atoms with E-state index >= 15 is 0 Å². The highest BCUT2D eigenvalue weighted by atomic mass is 16.2. The van der Waals surface area contributed by atoms with Crippen molar-refractivity contribution in [3.63, 3.8) is 0 Å². The van der Waals surface area contributed by atoms with Crippen LogP contribution in [-0.2, 0) is 11.2 Å². The first-order valence-electron chi connectivity index (χ1n) is 7.88. The van der Waals surface area contributed by atoms with Crippen molar-refractivity contribution in [3.8, 4) is 11.3 Å². The Hall–Kier alpha value is -2.63. The molecule has 118 valence electrons. The average Bonchev–Trinajstić information content (AvgIpc) is 3.25. The first-order chi connectivity index (χ1) is 11.1. The lowest BCUT2D eigenvalue weighted by molar-refractivity contribution is -0.114. The minimum Gasteiger partial charge on any atom is -0.358 e. The van der Waals surface area contributed by atoms with Crippen molar-refractivity contribution in [2.75, 3.05) is 11.9 Å². The van der Waals surface area contributed by atoms with E-state index in [1.54, 1.807) is 6.20 Å². The molecule has 6 heteroatoms. The molecule has 2 aliphatic rings. The number of nitrogens with zero attached hydrogens (tertiary/aromatic N) is 2. The first kappa shape index (κ1) is 14.0. The second-order valence-corrected chi connectivity index (χ2v) is 6.17. The van der Waals surface area contributed by atoms with Gasteiger partial charge in [0, 0.05) is 49.1 Å². The molecule has 4 rings (SSSR count). The summed E-state index contributed by atoms with van der Waals surface area (Å²) < 4.78 is 0. The van der Waals surface area contributed by atoms with Gasteiger partial charge in [-0.05, 0) is 31.0 Å². The van der Waals surface area contributed by atoms with Crippen LogP contribution in [0.2, 0.25) is 0 Å². The highest BCUT2D eigenvalue weighted by molar-refractivity contribution is 5.98. The highest BCUT2D eigenvalue weighted by Crippen LogP contribution is 2.33. The summed E-state index contributed by atoms with van der Waals surface area (Å²) in [5.41, 5.74) is 3.56. The van der Waals surface area contributed by atoms with Crippen molar-refractivity contribution in [1.82, 2.24) is 14.9 Å². The van der Waals surface area contributed by atoms with Crippen molar-refractivity contribution in [2.45, 2.75) is 32.2 Å². The van der Waals surface area contributed by atoms with Crippen molar-refractivity contribution >= 4 is 17.6 Å². The molecule has 1 aliphatic carbocycles. The molecule has 2 aromatic rings. The fraction of sp³-hybridized carbons (Fsp3) is 0.353. The maximum absolute atomic E-state index is 12.6. The zero-order chi connectivity index (χ0) is 16.0. The molecule has 2 N–H and O–H groups in total. The summed E-state index contributed by atoms with van der Waals surface area (Å²) in [4.78, 5) is 33.2. The molecule has 0 unspecified atom stereocenters. The molecule has 23 heavy (non-hydrogen) atoms. The van der Waals surface area contributed by atoms with Crippen LogP contribution in [0.1, 0.15) is 35.8 Å². The molecule has 1 saturated carbocycles. The van der Waals surface area contributed by atoms with Crippen molar-refractivity contribution in [3.05, 3.63) is 35.7 Å². The van der Waals surface area contributed by atoms with E-state index in [9.17, 15) is 9.59 Å². The molecule has 3 heterocycles. The maximum Gasteiger partial charge on any atom is 0.255 e. The van der Waals surface area contributed by atoms with Gasteiger partial charge in [0.2, 0.25) is 5.91 Å². The predicted molar refractivity (Wildman–Crippen MR) is 86.1 cm³/mol. The third-order valence-electron chi connectivity index (χ3n) is 4.36. The molecule has 1 fully saturated rings. The summed E-state index contributed by atoms with van der Waals surface area (Å²) in [6, 6.07) is 6.04. The number of aromatic nitrogens is 2. The van der Waals surface area contributed by atoms with E-state index in [4.69, 9.17) is 0 Å². The molecule has 1 aliphatic heterocycles. The Morgan fingerprint density at radius 2 is 2.22 bits per heavy atom. The number of rotatable bonds is 3. The van der Waals surface area contributed by atoms with Crippen molar-refractivity contribution in [2.24, 2.45) is 0 Å². The number of aromatic amines is 1. The van der Waals surface area contributed by atoms with Crippen LogP contribution in [0.3, 0.4) is 0 Å². The quantitative estimate of drug-likeness (QED) is 0.912. The lowest BCUT2D eigenvalue weighted by Gasteiger charge is -2.26. The zero-order valence-corrected chi connectivity index (χ0v) is 12.9. The van der Waals surface area contributed by atoms with E-state index in [-0.39, 0.29) is 11.8 Å². The third-order valence-corrected chi connectivity index (χ3v) is 4.36. The second-order valence-electron chi connectivity index (χ2n) is 6.17. The van der Waals surface area contributed by atoms with Crippen LogP contribution in [0, 0.1) is 0 Å². The van der Waals surface area contributed by atoms with E-state index in [0.29, 0.717) is 11.9 Å². The fourth-order valence-corrected chi connectivity index (χ4v) is 3.11. The van der Waals surface area contributed by atoms with Gasteiger partial charge < -0.3 is 15.2 Å². The zero-order valence-electron chi connectivity index (χ0n) is 12.9. The van der Waals surface area contributed by atoms with Gasteiger partial charge in [0.25, 0.3) is 5.91 Å². The summed E-state index contributed by atoms with van der Waals surface area (Å²) in [7, 11) is 0. The van der Waals surface area contributed by atoms with Gasteiger partial charge in [0.15, 0.2) is 0 Å². The number of pyridine rings is 1. The Morgan fingerprint density at radius 3 is 2.96 bits per heavy atom. The van der Waals surface area contributed by atoms with Gasteiger partial charge in [-0.2, -0.15) is 0 Å². The monoisotopic (exact) mass is 310 g/mol. The molecule has 0 atom stereocenters. The average molecular weight is 310 g/mol. The second kappa shape index (κ2) is 5.22. The Morgan fingerprint density at radius 1 is 1.39 bits per heavy atom. The third kappa shape index (κ3) is 2.60. The van der Waals surface area contributed by atoms with Crippen LogP contribution >= 0.6 is 0 Å². The topological polar surface area (TPSA) is 78.1 Å². The van der Waals surface area contributed by atoms with Gasteiger partial charge in [-0.15, -0.1) is 0 Å². The van der Waals surface area contributed by atoms with Crippen molar-refractivity contribution < 1.29 is 9.59 Å². The van der Waals surface area contributed by atoms with Gasteiger partial charge >= 0.3 is 0 Å². The van der Waals surface area contributed by atoms with Crippen LogP contribution in [0.25, 0.3) is 11.3 Å². The van der Waals surface area contributed by atoms with Crippen LogP contribution < -0.4 is 5.32 Å². The van der Waals surface area contributed by atoms with E-state index < -0.39 is 0 Å². The standard InChI is InChI=1S/C17H18N4O2/c1-10(22)19-16-8-11(4-6-18-16)15-9-13-14(20-15)5-7-21(17(13)23)12-2-3-12/h4,6,8-9,12,20H,2-3,5,7H2,1H3,(H,18,19,22). The van der Waals surface area contributed by atoms with Crippen LogP contribution in [0.5, 0.6) is 0 Å². The molecule has 2 aromatic heterocycles. The summed E-state index contributed by atoms with van der Waals surface area (Å²) >= 11 is 0. The summed E-state index contributed by atoms with van der Waals surface area (Å²) in [5.74, 6) is 0.483. The predicted octanol–water partition coefficient (Wildman–Crippen LogP) is 2.20. The van der Waals surface area contributed by atoms with Gasteiger partial charge in [-0.1, -0.05) is 0 Å². The summed E-state index contributed by atoms with van der Waals surface area (Å²) in [6.07, 6.45) is 4.77. The Kier molecular flexibility index (Phi) is 3.18. The number of amides is 2. The van der Waals surface area contributed by atoms with Crippen molar-refractivity contribution in [1.29, 1.82) is 0 Å². The number of carbonyl (C=O) groups excluding carboxylic acids is 2. The number of hydrogen-bond acceptors (Lipinski definition) is 3. The van der Waals surface area contributed by atoms with Gasteiger partial charge in [0.05, 0.1) is 5.56 Å². The number of fused-ring (bicyclic) bond motifs is 1. The molecule has 0 radical (unpaired) electrons. The normalized spacial score (nSPS) is 17.1. The number of hydrogen-bond donors (Lipinski definition) is 2. The van der Waals surface area contributed by atoms with Gasteiger partial charge in [-0.3, -0.25) is 9.59 Å². The lowest BCUT2D eigenvalue weighted by Crippen LogP contribution is -2.38. The summed E-state index contributed by atoms with van der Waals surface area (Å²) in [6.45, 7) is 2.25. The fourth-order valence-electron chi connectivity index (χ4n) is 3.11. The number of nitrogens with one attached hydrogen (secondary N) is 2. The van der Waals surface area contributed by atoms with E-state index in [2.05, 4.69) is 15.3 Å². The molecular formula is C17H18N4O2. The van der Waals surface area contributed by atoms with Gasteiger partial charge in [-0.25, -0.2) is 4.98 Å². The SMILES string of the molecule is CC(=O)Nc1cc(-c2cc3c([nH]2)CCN(C2CC2)C3=O)ccn1. The Bertz CT molecular complexity index is 792. The maximum atomic E-state index is 12.6. The molecule has 0 saturated heterocycles. The summed E-state index contributed by atoms with van der Waals surface area (Å²) in [5, 5.41) is 2.68. The Balaban J connectivity index is 1.65. The van der Waals surface area contributed by atoms with Crippen LogP contribution in [0.15, 0.2) is 24.4 Å². The number of H-pyrrole nitrogens is 1. The Labute approximate surface area is 133 Å². The minimum atomic E-state index is -0.157. The number of carbonyl (C=O) groups is 2. The van der Waals surface area contributed by atoms with E-state index in [1.807, 2.05) is 23.1 Å². The first-order valence-corrected chi connectivity index (χ1v) is 7.88. The van der Waals surface area contributed by atoms with Crippen LogP contribution in [0.4, 0.5) is 5.82 Å². The van der Waals surface area contributed by atoms with E-state index in [1.165, 1.54) is 6.92 Å². The molecule has 0 spiro atoms. The minimum absolute atomic E-state index is 0.132. The lowest BCUT2D eigenvalue weighted by atomic mass is 10.1. The van der Waals surface area contributed by atoms with E-state index in [0.717, 1.165) is 48.3 Å². The number of anilines is 1. The van der Waals surface area contributed by atoms with Crippen LogP contribution in [-0.4, -0.2) is 39.3 Å².